The fourth-order valence-electron chi connectivity index (χ4n) is 4.69. The maximum Gasteiger partial charge on any atom is 0.155 e. The Labute approximate surface area is 239 Å². The van der Waals surface area contributed by atoms with Gasteiger partial charge in [-0.15, -0.1) is 28.9 Å². The Hall–Kier alpha value is -3.63. The van der Waals surface area contributed by atoms with Crippen LogP contribution in [0.1, 0.15) is 19.4 Å². The predicted molar refractivity (Wildman–Crippen MR) is 156 cm³/mol. The van der Waals surface area contributed by atoms with Crippen LogP contribution in [0.2, 0.25) is 0 Å². The second-order valence-electron chi connectivity index (χ2n) is 8.94. The first-order valence-corrected chi connectivity index (χ1v) is 12.9. The van der Waals surface area contributed by atoms with E-state index >= 15 is 0 Å². The molecule has 0 saturated heterocycles. The van der Waals surface area contributed by atoms with Crippen molar-refractivity contribution < 1.29 is 30.0 Å². The van der Waals surface area contributed by atoms with Crippen molar-refractivity contribution in [3.8, 4) is 21.7 Å². The fraction of sp³-hybridized carbons (Fsp3) is 0.0909. The van der Waals surface area contributed by atoms with Crippen molar-refractivity contribution in [3.63, 3.8) is 0 Å². The summed E-state index contributed by atoms with van der Waals surface area (Å²) < 4.78 is 1.27. The summed E-state index contributed by atoms with van der Waals surface area (Å²) in [5.41, 5.74) is 4.64. The van der Waals surface area contributed by atoms with Crippen LogP contribution in [0.4, 0.5) is 0 Å². The largest absolute Gasteiger partial charge is 0.512 e. The number of carbonyl (C=O) groups excluding carboxylic acids is 1. The molecule has 0 unspecified atom stereocenters. The molecule has 2 heterocycles. The number of aromatic nitrogens is 1. The average Bonchev–Trinajstić information content (AvgIpc) is 3.25. The number of ketones is 1. The summed E-state index contributed by atoms with van der Waals surface area (Å²) >= 11 is 1.84. The summed E-state index contributed by atoms with van der Waals surface area (Å²) in [6.07, 6.45) is 3.10. The number of hydrogen-bond donors (Lipinski definition) is 1. The maximum atomic E-state index is 10.0. The molecule has 0 amide bonds. The zero-order chi connectivity index (χ0) is 25.9. The number of fused-ring (bicyclic) bond motifs is 4. The molecule has 3 nitrogen and oxygen atoms in total. The maximum absolute atomic E-state index is 10.0. The number of rotatable bonds is 3. The summed E-state index contributed by atoms with van der Waals surface area (Å²) in [4.78, 5) is 16.2. The number of thiophene rings is 1. The van der Waals surface area contributed by atoms with Gasteiger partial charge in [0.15, 0.2) is 5.78 Å². The first kappa shape index (κ1) is 27.4. The minimum Gasteiger partial charge on any atom is -0.512 e. The van der Waals surface area contributed by atoms with Crippen molar-refractivity contribution in [1.29, 1.82) is 0 Å². The van der Waals surface area contributed by atoms with Crippen LogP contribution in [-0.4, -0.2) is 15.9 Å². The van der Waals surface area contributed by atoms with Crippen molar-refractivity contribution >= 4 is 48.8 Å². The van der Waals surface area contributed by atoms with Crippen molar-refractivity contribution in [3.05, 3.63) is 115 Å². The van der Waals surface area contributed by atoms with Crippen molar-refractivity contribution in [2.24, 2.45) is 0 Å². The van der Waals surface area contributed by atoms with Gasteiger partial charge in [-0.3, -0.25) is 9.78 Å². The number of hydrogen-bond acceptors (Lipinski definition) is 4. The van der Waals surface area contributed by atoms with Gasteiger partial charge in [-0.2, -0.15) is 0 Å². The van der Waals surface area contributed by atoms with E-state index in [0.29, 0.717) is 0 Å². The van der Waals surface area contributed by atoms with E-state index < -0.39 is 0 Å². The normalized spacial score (nSPS) is 11.2. The average molecular weight is 693 g/mol. The third kappa shape index (κ3) is 5.46. The van der Waals surface area contributed by atoms with Gasteiger partial charge < -0.3 is 5.11 Å². The fourth-order valence-corrected chi connectivity index (χ4v) is 5.90. The molecule has 0 saturated carbocycles. The van der Waals surface area contributed by atoms with Crippen LogP contribution >= 0.6 is 11.3 Å². The predicted octanol–water partition coefficient (Wildman–Crippen LogP) is 9.08. The Kier molecular flexibility index (Phi) is 8.53. The zero-order valence-electron chi connectivity index (χ0n) is 21.3. The number of nitrogens with zero attached hydrogens (tertiary/aromatic N) is 1. The molecule has 6 aromatic rings. The van der Waals surface area contributed by atoms with E-state index in [4.69, 9.17) is 10.1 Å². The third-order valence-corrected chi connectivity index (χ3v) is 7.50. The summed E-state index contributed by atoms with van der Waals surface area (Å²) in [5.74, 6) is -0.0625. The molecule has 1 radical (unpaired) electrons. The Morgan fingerprint density at radius 1 is 0.868 bits per heavy atom. The van der Waals surface area contributed by atoms with Gasteiger partial charge >= 0.3 is 0 Å². The minimum atomic E-state index is -0.125. The third-order valence-electron chi connectivity index (χ3n) is 6.20. The molecule has 0 atom stereocenters. The molecule has 0 aliphatic rings. The van der Waals surface area contributed by atoms with Crippen LogP contribution in [-0.2, 0) is 24.9 Å². The van der Waals surface area contributed by atoms with Crippen molar-refractivity contribution in [1.82, 2.24) is 4.98 Å². The molecular formula is C33H26IrNO2S-. The molecule has 0 fully saturated rings. The Bertz CT molecular complexity index is 1780. The molecule has 0 spiro atoms. The quantitative estimate of drug-likeness (QED) is 0.0872. The number of pyridine rings is 1. The molecule has 191 valence electrons. The number of aliphatic hydroxyl groups is 1. The zero-order valence-corrected chi connectivity index (χ0v) is 24.5. The number of allylic oxidation sites excluding steroid dienone is 2. The van der Waals surface area contributed by atoms with E-state index in [1.165, 1.54) is 62.2 Å². The van der Waals surface area contributed by atoms with Gasteiger partial charge in [0.25, 0.3) is 0 Å². The number of benzene rings is 4. The van der Waals surface area contributed by atoms with Gasteiger partial charge in [0.2, 0.25) is 0 Å². The SMILES string of the molecule is CC(=O)/C=C(/C)O.Cc1c(-c2ccccc2)sc2ccnc(-c3[c-]c4ccccc4c4ccccc34)c12.[Ir]. The Morgan fingerprint density at radius 3 is 2.16 bits per heavy atom. The Morgan fingerprint density at radius 2 is 1.50 bits per heavy atom. The van der Waals surface area contributed by atoms with Gasteiger partial charge in [-0.05, 0) is 43.4 Å². The van der Waals surface area contributed by atoms with E-state index in [9.17, 15) is 4.79 Å². The van der Waals surface area contributed by atoms with E-state index in [1.54, 1.807) is 0 Å². The van der Waals surface area contributed by atoms with E-state index in [-0.39, 0.29) is 31.6 Å². The van der Waals surface area contributed by atoms with Gasteiger partial charge in [-0.25, -0.2) is 0 Å². The molecule has 0 aliphatic carbocycles. The van der Waals surface area contributed by atoms with Crippen LogP contribution in [0.3, 0.4) is 0 Å². The first-order chi connectivity index (χ1) is 17.9. The topological polar surface area (TPSA) is 50.2 Å². The standard InChI is InChI=1S/C28H18NS.C5H8O2.Ir/c1-18-26-25(30-28(18)19-9-3-2-4-10-19)15-16-29-27(26)24-17-20-11-5-6-12-21(20)22-13-7-8-14-23(22)24;1-4(6)3-5(2)7;/h2-16H,1H3;3,6H,1-2H3;/q-1;;/b;4-3-;. The molecule has 0 aliphatic heterocycles. The number of carbonyl (C=O) groups is 1. The van der Waals surface area contributed by atoms with Crippen molar-refractivity contribution in [2.45, 2.75) is 20.8 Å². The van der Waals surface area contributed by atoms with Crippen LogP contribution < -0.4 is 0 Å². The monoisotopic (exact) mass is 693 g/mol. The summed E-state index contributed by atoms with van der Waals surface area (Å²) in [7, 11) is 0. The van der Waals surface area contributed by atoms with Crippen LogP contribution in [0.25, 0.3) is 53.3 Å². The van der Waals surface area contributed by atoms with Crippen LogP contribution in [0.5, 0.6) is 0 Å². The molecule has 5 heteroatoms. The summed E-state index contributed by atoms with van der Waals surface area (Å²) in [6, 6.07) is 33.5. The second-order valence-corrected chi connectivity index (χ2v) is 9.99. The van der Waals surface area contributed by atoms with Gasteiger partial charge in [0.05, 0.1) is 5.76 Å². The van der Waals surface area contributed by atoms with Crippen molar-refractivity contribution in [2.75, 3.05) is 0 Å². The second kappa shape index (κ2) is 11.8. The van der Waals surface area contributed by atoms with Crippen LogP contribution in [0, 0.1) is 13.0 Å². The molecule has 38 heavy (non-hydrogen) atoms. The smallest absolute Gasteiger partial charge is 0.155 e. The van der Waals surface area contributed by atoms with E-state index in [2.05, 4.69) is 97.9 Å². The summed E-state index contributed by atoms with van der Waals surface area (Å²) in [5, 5.41) is 14.4. The molecule has 4 aromatic carbocycles. The molecule has 2 aromatic heterocycles. The molecule has 0 bridgehead atoms. The molecule has 6 rings (SSSR count). The Balaban J connectivity index is 0.000000375. The number of aliphatic hydroxyl groups excluding tert-OH is 1. The van der Waals surface area contributed by atoms with Gasteiger partial charge in [-0.1, -0.05) is 94.5 Å². The van der Waals surface area contributed by atoms with Gasteiger partial charge in [0.1, 0.15) is 0 Å². The minimum absolute atomic E-state index is 0. The van der Waals surface area contributed by atoms with Gasteiger partial charge in [0, 0.05) is 47.6 Å². The molecule has 1 N–H and O–H groups in total. The summed E-state index contributed by atoms with van der Waals surface area (Å²) in [6.45, 7) is 5.07. The molecular weight excluding hydrogens is 667 g/mol. The van der Waals surface area contributed by atoms with E-state index in [0.717, 1.165) is 16.6 Å². The first-order valence-electron chi connectivity index (χ1n) is 12.1. The number of aryl methyl sites for hydroxylation is 1. The van der Waals surface area contributed by atoms with E-state index in [1.807, 2.05) is 17.5 Å². The van der Waals surface area contributed by atoms with Crippen LogP contribution in [0.15, 0.2) is 103 Å².